The third-order valence-electron chi connectivity index (χ3n) is 8.38. The molecule has 1 N–H and O–H groups in total. The molecule has 2 fully saturated rings. The molecule has 190 valence electrons. The number of aromatic carboxylic acids is 1. The predicted molar refractivity (Wildman–Crippen MR) is 145 cm³/mol. The number of fused-ring (bicyclic) bond motifs is 1. The van der Waals surface area contributed by atoms with Crippen molar-refractivity contribution in [1.82, 2.24) is 4.90 Å². The number of nitrogens with zero attached hydrogens (tertiary/aromatic N) is 1. The third kappa shape index (κ3) is 5.49. The fourth-order valence-electron chi connectivity index (χ4n) is 6.35. The Morgan fingerprint density at radius 2 is 1.81 bits per heavy atom. The van der Waals surface area contributed by atoms with E-state index in [-0.39, 0.29) is 6.67 Å². The second kappa shape index (κ2) is 11.1. The molecule has 3 nitrogen and oxygen atoms in total. The molecule has 0 aromatic heterocycles. The predicted octanol–water partition coefficient (Wildman–Crippen LogP) is 7.41. The SMILES string of the molecule is C[C@H]1CC[C@@H](C2=C(c3ccc(C=C4CN(CCCF)C4)cc3)c3ccc(C(=O)O)cc3CCC2)CC1. The van der Waals surface area contributed by atoms with Crippen molar-refractivity contribution >= 4 is 17.6 Å². The van der Waals surface area contributed by atoms with Crippen LogP contribution >= 0.6 is 0 Å². The summed E-state index contributed by atoms with van der Waals surface area (Å²) in [6.45, 7) is 4.85. The van der Waals surface area contributed by atoms with E-state index in [9.17, 15) is 14.3 Å². The minimum absolute atomic E-state index is 0.241. The number of carboxylic acid groups (broad SMARTS) is 1. The Morgan fingerprint density at radius 3 is 2.50 bits per heavy atom. The number of halogens is 1. The number of aryl methyl sites for hydroxylation is 1. The highest BCUT2D eigenvalue weighted by molar-refractivity contribution is 5.90. The molecule has 2 aromatic carbocycles. The van der Waals surface area contributed by atoms with Crippen LogP contribution < -0.4 is 0 Å². The van der Waals surface area contributed by atoms with Crippen molar-refractivity contribution in [1.29, 1.82) is 0 Å². The number of rotatable bonds is 7. The molecule has 2 aliphatic carbocycles. The second-order valence-corrected chi connectivity index (χ2v) is 11.1. The van der Waals surface area contributed by atoms with Gasteiger partial charge >= 0.3 is 5.97 Å². The highest BCUT2D eigenvalue weighted by Gasteiger charge is 2.28. The van der Waals surface area contributed by atoms with Crippen LogP contribution in [0.1, 0.15) is 84.5 Å². The molecule has 0 amide bonds. The zero-order chi connectivity index (χ0) is 25.1. The molecule has 0 radical (unpaired) electrons. The van der Waals surface area contributed by atoms with Gasteiger partial charge in [-0.1, -0.05) is 61.7 Å². The quantitative estimate of drug-likeness (QED) is 0.442. The van der Waals surface area contributed by atoms with Crippen molar-refractivity contribution in [3.8, 4) is 0 Å². The zero-order valence-electron chi connectivity index (χ0n) is 21.4. The number of hydrogen-bond donors (Lipinski definition) is 1. The summed E-state index contributed by atoms with van der Waals surface area (Å²) in [5.74, 6) is 0.576. The van der Waals surface area contributed by atoms with Crippen LogP contribution in [0.4, 0.5) is 4.39 Å². The molecule has 0 bridgehead atoms. The van der Waals surface area contributed by atoms with E-state index >= 15 is 0 Å². The summed E-state index contributed by atoms with van der Waals surface area (Å²) in [4.78, 5) is 13.9. The van der Waals surface area contributed by atoms with E-state index in [1.54, 1.807) is 11.6 Å². The molecule has 0 atom stereocenters. The maximum Gasteiger partial charge on any atom is 0.335 e. The van der Waals surface area contributed by atoms with E-state index < -0.39 is 5.97 Å². The van der Waals surface area contributed by atoms with Gasteiger partial charge in [0.25, 0.3) is 0 Å². The molecule has 1 heterocycles. The van der Waals surface area contributed by atoms with Crippen LogP contribution in [0, 0.1) is 11.8 Å². The number of carbonyl (C=O) groups is 1. The number of alkyl halides is 1. The largest absolute Gasteiger partial charge is 0.478 e. The van der Waals surface area contributed by atoms with Crippen LogP contribution in [-0.2, 0) is 6.42 Å². The fraction of sp³-hybridized carbons (Fsp3) is 0.469. The minimum atomic E-state index is -0.856. The smallest absolute Gasteiger partial charge is 0.335 e. The van der Waals surface area contributed by atoms with Gasteiger partial charge in [0.05, 0.1) is 12.2 Å². The first-order valence-electron chi connectivity index (χ1n) is 13.7. The van der Waals surface area contributed by atoms with Gasteiger partial charge < -0.3 is 5.11 Å². The summed E-state index contributed by atoms with van der Waals surface area (Å²) in [6, 6.07) is 14.7. The first kappa shape index (κ1) is 25.0. The van der Waals surface area contributed by atoms with Gasteiger partial charge in [-0.15, -0.1) is 0 Å². The summed E-state index contributed by atoms with van der Waals surface area (Å²) in [6.07, 6.45) is 11.1. The van der Waals surface area contributed by atoms with Gasteiger partial charge in [0.2, 0.25) is 0 Å². The number of hydrogen-bond acceptors (Lipinski definition) is 2. The van der Waals surface area contributed by atoms with E-state index in [0.717, 1.165) is 50.4 Å². The van der Waals surface area contributed by atoms with E-state index in [0.29, 0.717) is 17.9 Å². The van der Waals surface area contributed by atoms with Crippen LogP contribution in [0.25, 0.3) is 11.6 Å². The Balaban J connectivity index is 1.47. The summed E-state index contributed by atoms with van der Waals surface area (Å²) >= 11 is 0. The lowest BCUT2D eigenvalue weighted by molar-refractivity contribution is 0.0696. The normalized spacial score (nSPS) is 22.6. The van der Waals surface area contributed by atoms with Crippen LogP contribution in [0.15, 0.2) is 53.6 Å². The lowest BCUT2D eigenvalue weighted by Crippen LogP contribution is -2.40. The third-order valence-corrected chi connectivity index (χ3v) is 8.38. The average molecular weight is 488 g/mol. The van der Waals surface area contributed by atoms with Gasteiger partial charge in [0, 0.05) is 19.6 Å². The highest BCUT2D eigenvalue weighted by Crippen LogP contribution is 2.43. The Hall–Kier alpha value is -2.72. The van der Waals surface area contributed by atoms with Crippen LogP contribution in [-0.4, -0.2) is 42.3 Å². The Morgan fingerprint density at radius 1 is 1.06 bits per heavy atom. The molecule has 36 heavy (non-hydrogen) atoms. The molecule has 1 saturated heterocycles. The molecular weight excluding hydrogens is 449 g/mol. The van der Waals surface area contributed by atoms with E-state index in [1.165, 1.54) is 53.5 Å². The van der Waals surface area contributed by atoms with Gasteiger partial charge in [-0.3, -0.25) is 9.29 Å². The molecule has 4 heteroatoms. The standard InChI is InChI=1S/C32H38FNO2/c1-22-6-10-25(11-7-22)29-5-2-4-27-19-28(32(35)36)14-15-30(27)31(29)26-12-8-23(9-13-26)18-24-20-34(21-24)17-3-16-33/h8-9,12-15,18-19,22,25H,2-7,10-11,16-17,20-21H2,1H3,(H,35,36)/t22-,25+. The van der Waals surface area contributed by atoms with Crippen LogP contribution in [0.5, 0.6) is 0 Å². The van der Waals surface area contributed by atoms with Gasteiger partial charge in [0.1, 0.15) is 0 Å². The van der Waals surface area contributed by atoms with Crippen molar-refractivity contribution in [2.45, 2.75) is 58.3 Å². The van der Waals surface area contributed by atoms with Crippen LogP contribution in [0.3, 0.4) is 0 Å². The summed E-state index contributed by atoms with van der Waals surface area (Å²) in [5, 5.41) is 9.57. The maximum absolute atomic E-state index is 12.4. The summed E-state index contributed by atoms with van der Waals surface area (Å²) in [7, 11) is 0. The van der Waals surface area contributed by atoms with Gasteiger partial charge in [0.15, 0.2) is 0 Å². The lowest BCUT2D eigenvalue weighted by Gasteiger charge is -2.33. The van der Waals surface area contributed by atoms with E-state index in [2.05, 4.69) is 48.2 Å². The first-order valence-corrected chi connectivity index (χ1v) is 13.7. The van der Waals surface area contributed by atoms with Crippen molar-refractivity contribution in [2.75, 3.05) is 26.3 Å². The molecule has 1 saturated carbocycles. The average Bonchev–Trinajstić information content (AvgIpc) is 3.05. The van der Waals surface area contributed by atoms with E-state index in [4.69, 9.17) is 0 Å². The molecule has 2 aromatic rings. The molecule has 0 spiro atoms. The monoisotopic (exact) mass is 487 g/mol. The van der Waals surface area contributed by atoms with Gasteiger partial charge in [-0.25, -0.2) is 4.79 Å². The molecular formula is C32H38FNO2. The summed E-state index contributed by atoms with van der Waals surface area (Å²) < 4.78 is 12.4. The zero-order valence-corrected chi connectivity index (χ0v) is 21.4. The Labute approximate surface area is 214 Å². The van der Waals surface area contributed by atoms with Crippen LogP contribution in [0.2, 0.25) is 0 Å². The fourth-order valence-corrected chi connectivity index (χ4v) is 6.35. The second-order valence-electron chi connectivity index (χ2n) is 11.1. The number of likely N-dealkylation sites (tertiary alicyclic amines) is 1. The number of allylic oxidation sites excluding steroid dienone is 1. The number of benzene rings is 2. The minimum Gasteiger partial charge on any atom is -0.478 e. The molecule has 3 aliphatic rings. The highest BCUT2D eigenvalue weighted by atomic mass is 19.1. The molecule has 0 unspecified atom stereocenters. The van der Waals surface area contributed by atoms with Crippen molar-refractivity contribution in [3.63, 3.8) is 0 Å². The van der Waals surface area contributed by atoms with Gasteiger partial charge in [-0.2, -0.15) is 0 Å². The van der Waals surface area contributed by atoms with Crippen molar-refractivity contribution in [2.24, 2.45) is 11.8 Å². The summed E-state index contributed by atoms with van der Waals surface area (Å²) in [5.41, 5.74) is 9.55. The maximum atomic E-state index is 12.4. The van der Waals surface area contributed by atoms with Crippen molar-refractivity contribution < 1.29 is 14.3 Å². The number of carboxylic acids is 1. The van der Waals surface area contributed by atoms with Crippen molar-refractivity contribution in [3.05, 3.63) is 81.4 Å². The first-order chi connectivity index (χ1) is 17.5. The van der Waals surface area contributed by atoms with E-state index in [1.807, 2.05) is 6.07 Å². The lowest BCUT2D eigenvalue weighted by atomic mass is 9.75. The Bertz CT molecular complexity index is 1150. The molecule has 1 aliphatic heterocycles. The Kier molecular flexibility index (Phi) is 7.71. The topological polar surface area (TPSA) is 40.5 Å². The molecule has 5 rings (SSSR count). The van der Waals surface area contributed by atoms with Gasteiger partial charge in [-0.05, 0) is 95.9 Å².